The van der Waals surface area contributed by atoms with Gasteiger partial charge in [-0.25, -0.2) is 4.98 Å². The molecule has 1 aromatic carbocycles. The van der Waals surface area contributed by atoms with Crippen LogP contribution in [0.5, 0.6) is 0 Å². The lowest BCUT2D eigenvalue weighted by atomic mass is 9.96. The Kier molecular flexibility index (Phi) is 4.25. The maximum atomic E-state index is 4.79. The molecule has 0 bridgehead atoms. The maximum absolute atomic E-state index is 4.79. The molecule has 0 aliphatic heterocycles. The summed E-state index contributed by atoms with van der Waals surface area (Å²) in [5, 5.41) is 3.27. The molecule has 3 heteroatoms. The summed E-state index contributed by atoms with van der Waals surface area (Å²) in [6, 6.07) is 6.72. The van der Waals surface area contributed by atoms with E-state index in [4.69, 9.17) is 4.98 Å². The third-order valence-corrected chi connectivity index (χ3v) is 3.87. The van der Waals surface area contributed by atoms with Crippen LogP contribution in [0.1, 0.15) is 50.4 Å². The number of hydrogen-bond acceptors (Lipinski definition) is 2. The van der Waals surface area contributed by atoms with Crippen LogP contribution >= 0.6 is 0 Å². The molecule has 0 fully saturated rings. The largest absolute Gasteiger partial charge is 0.331 e. The van der Waals surface area contributed by atoms with Crippen molar-refractivity contribution >= 4 is 11.0 Å². The minimum atomic E-state index is 0.458. The van der Waals surface area contributed by atoms with E-state index in [1.165, 1.54) is 11.1 Å². The van der Waals surface area contributed by atoms with Gasteiger partial charge in [-0.1, -0.05) is 26.8 Å². The van der Waals surface area contributed by atoms with E-state index in [1.807, 2.05) is 7.05 Å². The van der Waals surface area contributed by atoms with Crippen LogP contribution in [0.4, 0.5) is 0 Å². The Balaban J connectivity index is 2.45. The number of rotatable bonds is 5. The van der Waals surface area contributed by atoms with Gasteiger partial charge in [-0.2, -0.15) is 0 Å². The Morgan fingerprint density at radius 2 is 2.05 bits per heavy atom. The van der Waals surface area contributed by atoms with Gasteiger partial charge in [-0.15, -0.1) is 0 Å². The van der Waals surface area contributed by atoms with Crippen LogP contribution < -0.4 is 5.32 Å². The number of imidazole rings is 1. The van der Waals surface area contributed by atoms with E-state index in [2.05, 4.69) is 55.9 Å². The number of likely N-dealkylation sites (N-methyl/N-ethyl adjacent to an activating group) is 1. The Morgan fingerprint density at radius 3 is 2.63 bits per heavy atom. The standard InChI is InChI=1S/C16H25N3/c1-6-12(10-17-4)13-7-8-15-14(9-13)18-16(11(2)3)19(15)5/h7-9,11-12,17H,6,10H2,1-5H3. The first-order valence-corrected chi connectivity index (χ1v) is 7.19. The zero-order chi connectivity index (χ0) is 14.0. The highest BCUT2D eigenvalue weighted by atomic mass is 15.1. The Hall–Kier alpha value is -1.35. The van der Waals surface area contributed by atoms with Gasteiger partial charge in [-0.3, -0.25) is 0 Å². The molecule has 1 unspecified atom stereocenters. The number of aromatic nitrogens is 2. The molecule has 3 nitrogen and oxygen atoms in total. The van der Waals surface area contributed by atoms with Crippen molar-refractivity contribution in [3.8, 4) is 0 Å². The molecule has 0 aliphatic carbocycles. The fourth-order valence-corrected chi connectivity index (χ4v) is 2.75. The summed E-state index contributed by atoms with van der Waals surface area (Å²) < 4.78 is 2.21. The third kappa shape index (κ3) is 2.66. The number of benzene rings is 1. The molecule has 19 heavy (non-hydrogen) atoms. The lowest BCUT2D eigenvalue weighted by Crippen LogP contribution is -2.16. The highest BCUT2D eigenvalue weighted by Gasteiger charge is 2.14. The van der Waals surface area contributed by atoms with Gasteiger partial charge in [0.2, 0.25) is 0 Å². The molecule has 0 aliphatic rings. The SMILES string of the molecule is CCC(CNC)c1ccc2c(c1)nc(C(C)C)n2C. The van der Waals surface area contributed by atoms with Crippen LogP contribution in [0.3, 0.4) is 0 Å². The Morgan fingerprint density at radius 1 is 1.32 bits per heavy atom. The Bertz CT molecular complexity index is 554. The zero-order valence-corrected chi connectivity index (χ0v) is 12.7. The van der Waals surface area contributed by atoms with Gasteiger partial charge in [0.25, 0.3) is 0 Å². The second-order valence-electron chi connectivity index (χ2n) is 5.59. The molecule has 1 aromatic heterocycles. The number of nitrogens with zero attached hydrogens (tertiary/aromatic N) is 2. The second-order valence-corrected chi connectivity index (χ2v) is 5.59. The first-order chi connectivity index (χ1) is 9.08. The van der Waals surface area contributed by atoms with Gasteiger partial charge in [0.05, 0.1) is 11.0 Å². The molecule has 0 amide bonds. The summed E-state index contributed by atoms with van der Waals surface area (Å²) in [6.45, 7) is 7.64. The van der Waals surface area contributed by atoms with Crippen molar-refractivity contribution in [2.45, 2.75) is 39.0 Å². The second kappa shape index (κ2) is 5.74. The maximum Gasteiger partial charge on any atom is 0.112 e. The molecule has 2 rings (SSSR count). The molecule has 104 valence electrons. The summed E-state index contributed by atoms with van der Waals surface area (Å²) in [5.41, 5.74) is 3.74. The van der Waals surface area contributed by atoms with Crippen molar-refractivity contribution in [3.63, 3.8) is 0 Å². The van der Waals surface area contributed by atoms with E-state index in [-0.39, 0.29) is 0 Å². The number of nitrogens with one attached hydrogen (secondary N) is 1. The highest BCUT2D eigenvalue weighted by molar-refractivity contribution is 5.77. The fourth-order valence-electron chi connectivity index (χ4n) is 2.75. The van der Waals surface area contributed by atoms with Gasteiger partial charge in [0, 0.05) is 19.5 Å². The van der Waals surface area contributed by atoms with Crippen LogP contribution in [0, 0.1) is 0 Å². The van der Waals surface area contributed by atoms with Crippen molar-refractivity contribution in [2.24, 2.45) is 7.05 Å². The summed E-state index contributed by atoms with van der Waals surface area (Å²) in [4.78, 5) is 4.79. The van der Waals surface area contributed by atoms with E-state index >= 15 is 0 Å². The average molecular weight is 259 g/mol. The van der Waals surface area contributed by atoms with Gasteiger partial charge in [0.15, 0.2) is 0 Å². The van der Waals surface area contributed by atoms with Crippen LogP contribution in [0.15, 0.2) is 18.2 Å². The van der Waals surface area contributed by atoms with Crippen LogP contribution in [0.2, 0.25) is 0 Å². The van der Waals surface area contributed by atoms with Gasteiger partial charge in [-0.05, 0) is 37.1 Å². The van der Waals surface area contributed by atoms with Crippen molar-refractivity contribution in [3.05, 3.63) is 29.6 Å². The molecule has 0 spiro atoms. The number of hydrogen-bond donors (Lipinski definition) is 1. The average Bonchev–Trinajstić information content (AvgIpc) is 2.73. The van der Waals surface area contributed by atoms with E-state index in [0.29, 0.717) is 11.8 Å². The summed E-state index contributed by atoms with van der Waals surface area (Å²) in [7, 11) is 4.12. The third-order valence-electron chi connectivity index (χ3n) is 3.87. The first kappa shape index (κ1) is 14.1. The Labute approximate surface area is 116 Å². The molecule has 0 saturated carbocycles. The smallest absolute Gasteiger partial charge is 0.112 e. The lowest BCUT2D eigenvalue weighted by Gasteiger charge is -2.14. The van der Waals surface area contributed by atoms with E-state index in [0.717, 1.165) is 24.3 Å². The number of aryl methyl sites for hydroxylation is 1. The van der Waals surface area contributed by atoms with E-state index in [9.17, 15) is 0 Å². The molecule has 1 atom stereocenters. The van der Waals surface area contributed by atoms with E-state index < -0.39 is 0 Å². The molecule has 0 radical (unpaired) electrons. The van der Waals surface area contributed by atoms with Gasteiger partial charge in [0.1, 0.15) is 5.82 Å². The number of fused-ring (bicyclic) bond motifs is 1. The first-order valence-electron chi connectivity index (χ1n) is 7.19. The molecule has 2 aromatic rings. The van der Waals surface area contributed by atoms with Gasteiger partial charge < -0.3 is 9.88 Å². The van der Waals surface area contributed by atoms with Crippen molar-refractivity contribution in [1.82, 2.24) is 14.9 Å². The van der Waals surface area contributed by atoms with Crippen LogP contribution in [-0.4, -0.2) is 23.1 Å². The quantitative estimate of drug-likeness (QED) is 0.891. The minimum Gasteiger partial charge on any atom is -0.331 e. The summed E-state index contributed by atoms with van der Waals surface area (Å²) in [6.07, 6.45) is 1.15. The van der Waals surface area contributed by atoms with Crippen molar-refractivity contribution in [2.75, 3.05) is 13.6 Å². The normalized spacial score (nSPS) is 13.4. The van der Waals surface area contributed by atoms with E-state index in [1.54, 1.807) is 0 Å². The predicted octanol–water partition coefficient (Wildman–Crippen LogP) is 3.41. The monoisotopic (exact) mass is 259 g/mol. The molecule has 0 saturated heterocycles. The zero-order valence-electron chi connectivity index (χ0n) is 12.7. The van der Waals surface area contributed by atoms with Crippen molar-refractivity contribution < 1.29 is 0 Å². The van der Waals surface area contributed by atoms with Crippen molar-refractivity contribution in [1.29, 1.82) is 0 Å². The van der Waals surface area contributed by atoms with Crippen LogP contribution in [0.25, 0.3) is 11.0 Å². The fraction of sp³-hybridized carbons (Fsp3) is 0.562. The molecular weight excluding hydrogens is 234 g/mol. The summed E-state index contributed by atoms with van der Waals surface area (Å²) >= 11 is 0. The predicted molar refractivity (Wildman–Crippen MR) is 81.8 cm³/mol. The van der Waals surface area contributed by atoms with Crippen LogP contribution in [-0.2, 0) is 7.05 Å². The topological polar surface area (TPSA) is 29.9 Å². The van der Waals surface area contributed by atoms with Gasteiger partial charge >= 0.3 is 0 Å². The molecule has 1 N–H and O–H groups in total. The minimum absolute atomic E-state index is 0.458. The highest BCUT2D eigenvalue weighted by Crippen LogP contribution is 2.25. The molecular formula is C16H25N3. The molecule has 1 heterocycles. The summed E-state index contributed by atoms with van der Waals surface area (Å²) in [5.74, 6) is 2.19. The lowest BCUT2D eigenvalue weighted by molar-refractivity contribution is 0.612.